The van der Waals surface area contributed by atoms with Crippen LogP contribution in [0, 0.1) is 0 Å². The molecule has 1 rings (SSSR count). The van der Waals surface area contributed by atoms with E-state index in [1.54, 1.807) is 0 Å². The Hall–Kier alpha value is -0.690. The molecule has 0 bridgehead atoms. The molecule has 52 valence electrons. The van der Waals surface area contributed by atoms with E-state index in [1.165, 1.54) is 0 Å². The van der Waals surface area contributed by atoms with E-state index in [1.807, 2.05) is 18.2 Å². The lowest BCUT2D eigenvalue weighted by Crippen LogP contribution is -2.24. The van der Waals surface area contributed by atoms with Crippen LogP contribution in [0.3, 0.4) is 0 Å². The quantitative estimate of drug-likeness (QED) is 0.566. The second-order valence-electron chi connectivity index (χ2n) is 2.21. The maximum Gasteiger partial charge on any atom is 0.0160 e. The molecule has 1 aromatic rings. The lowest BCUT2D eigenvalue weighted by Gasteiger charge is -1.94. The maximum absolute atomic E-state index is 4.16. The van der Waals surface area contributed by atoms with Gasteiger partial charge in [0.15, 0.2) is 0 Å². The van der Waals surface area contributed by atoms with Gasteiger partial charge in [-0.2, -0.15) is 12.6 Å². The predicted octanol–water partition coefficient (Wildman–Crippen LogP) is 0.937. The first-order chi connectivity index (χ1) is 4.75. The first-order valence-electron chi connectivity index (χ1n) is 3.12. The van der Waals surface area contributed by atoms with Gasteiger partial charge in [0.2, 0.25) is 0 Å². The summed E-state index contributed by atoms with van der Waals surface area (Å²) in [6, 6.07) is 5.95. The van der Waals surface area contributed by atoms with E-state index in [2.05, 4.69) is 25.8 Å². The van der Waals surface area contributed by atoms with Crippen LogP contribution < -0.4 is 10.4 Å². The highest BCUT2D eigenvalue weighted by Gasteiger charge is 1.88. The standard InChI is InChI=1S/C9H10S/c1-7-4-3-5-9(6-10)8(7)2/h3-5,10H,1-2,6H2. The van der Waals surface area contributed by atoms with E-state index in [-0.39, 0.29) is 0 Å². The molecule has 0 nitrogen and oxygen atoms in total. The van der Waals surface area contributed by atoms with Gasteiger partial charge in [0.1, 0.15) is 0 Å². The molecule has 1 heteroatoms. The fraction of sp³-hybridized carbons (Fsp3) is 0.111. The van der Waals surface area contributed by atoms with Crippen molar-refractivity contribution in [3.63, 3.8) is 0 Å². The zero-order chi connectivity index (χ0) is 7.56. The number of thiol groups is 1. The first-order valence-corrected chi connectivity index (χ1v) is 3.75. The predicted molar refractivity (Wildman–Crippen MR) is 49.4 cm³/mol. The Kier molecular flexibility index (Phi) is 2.17. The lowest BCUT2D eigenvalue weighted by molar-refractivity contribution is 1.35. The van der Waals surface area contributed by atoms with E-state index < -0.39 is 0 Å². The van der Waals surface area contributed by atoms with Crippen LogP contribution in [0.5, 0.6) is 0 Å². The molecular formula is C9H10S. The van der Waals surface area contributed by atoms with Gasteiger partial charge in [-0.1, -0.05) is 31.4 Å². The van der Waals surface area contributed by atoms with Crippen LogP contribution in [0.25, 0.3) is 13.2 Å². The van der Waals surface area contributed by atoms with Gasteiger partial charge in [-0.05, 0) is 16.0 Å². The summed E-state index contributed by atoms with van der Waals surface area (Å²) in [6.07, 6.45) is 0. The van der Waals surface area contributed by atoms with E-state index >= 15 is 0 Å². The molecule has 0 fully saturated rings. The van der Waals surface area contributed by atoms with Crippen molar-refractivity contribution in [3.05, 3.63) is 34.2 Å². The van der Waals surface area contributed by atoms with Gasteiger partial charge in [-0.3, -0.25) is 0 Å². The molecule has 0 amide bonds. The lowest BCUT2D eigenvalue weighted by atomic mass is 10.2. The van der Waals surface area contributed by atoms with Gasteiger partial charge in [0.25, 0.3) is 0 Å². The van der Waals surface area contributed by atoms with Gasteiger partial charge < -0.3 is 0 Å². The van der Waals surface area contributed by atoms with E-state index in [9.17, 15) is 0 Å². The van der Waals surface area contributed by atoms with Crippen molar-refractivity contribution in [2.75, 3.05) is 0 Å². The molecule has 0 aromatic heterocycles. The topological polar surface area (TPSA) is 0 Å². The molecule has 0 spiro atoms. The maximum atomic E-state index is 4.16. The zero-order valence-electron chi connectivity index (χ0n) is 5.80. The summed E-state index contributed by atoms with van der Waals surface area (Å²) in [7, 11) is 0. The molecule has 0 aliphatic rings. The Bertz CT molecular complexity index is 314. The molecule has 0 aliphatic heterocycles. The first kappa shape index (κ1) is 7.42. The summed E-state index contributed by atoms with van der Waals surface area (Å²) in [5.41, 5.74) is 1.16. The van der Waals surface area contributed by atoms with E-state index in [0.29, 0.717) is 0 Å². The molecule has 0 saturated heterocycles. The van der Waals surface area contributed by atoms with Crippen molar-refractivity contribution in [1.29, 1.82) is 0 Å². The number of hydrogen-bond acceptors (Lipinski definition) is 1. The Balaban J connectivity index is 3.43. The molecule has 0 radical (unpaired) electrons. The molecule has 0 aliphatic carbocycles. The highest BCUT2D eigenvalue weighted by molar-refractivity contribution is 7.79. The van der Waals surface area contributed by atoms with Gasteiger partial charge in [-0.15, -0.1) is 0 Å². The Labute approximate surface area is 66.3 Å². The normalized spacial score (nSPS) is 9.70. The van der Waals surface area contributed by atoms with Gasteiger partial charge in [0, 0.05) is 5.75 Å². The molecular weight excluding hydrogens is 140 g/mol. The van der Waals surface area contributed by atoms with Crippen LogP contribution in [0.4, 0.5) is 0 Å². The number of benzene rings is 1. The zero-order valence-corrected chi connectivity index (χ0v) is 6.70. The smallest absolute Gasteiger partial charge is 0.0160 e. The minimum atomic E-state index is 0.738. The fourth-order valence-electron chi connectivity index (χ4n) is 0.836. The minimum absolute atomic E-state index is 0.738. The van der Waals surface area contributed by atoms with Crippen LogP contribution in [0.15, 0.2) is 18.2 Å². The highest BCUT2D eigenvalue weighted by Crippen LogP contribution is 1.91. The van der Waals surface area contributed by atoms with Crippen molar-refractivity contribution in [2.45, 2.75) is 5.75 Å². The van der Waals surface area contributed by atoms with Crippen molar-refractivity contribution in [2.24, 2.45) is 0 Å². The summed E-state index contributed by atoms with van der Waals surface area (Å²) in [6.45, 7) is 7.71. The van der Waals surface area contributed by atoms with E-state index in [0.717, 1.165) is 21.8 Å². The van der Waals surface area contributed by atoms with Gasteiger partial charge in [-0.25, -0.2) is 0 Å². The summed E-state index contributed by atoms with van der Waals surface area (Å²) in [5.74, 6) is 0.738. The molecule has 0 unspecified atom stereocenters. The molecule has 0 N–H and O–H groups in total. The fourth-order valence-corrected chi connectivity index (χ4v) is 1.13. The van der Waals surface area contributed by atoms with Crippen molar-refractivity contribution >= 4 is 25.8 Å². The highest BCUT2D eigenvalue weighted by atomic mass is 32.1. The minimum Gasteiger partial charge on any atom is -0.175 e. The molecule has 1 aromatic carbocycles. The average Bonchev–Trinajstić information content (AvgIpc) is 1.95. The van der Waals surface area contributed by atoms with Crippen LogP contribution in [0.2, 0.25) is 0 Å². The number of hydrogen-bond donors (Lipinski definition) is 1. The third kappa shape index (κ3) is 1.24. The third-order valence-corrected chi connectivity index (χ3v) is 1.88. The molecule has 10 heavy (non-hydrogen) atoms. The van der Waals surface area contributed by atoms with Gasteiger partial charge in [0.05, 0.1) is 0 Å². The largest absolute Gasteiger partial charge is 0.175 e. The number of rotatable bonds is 1. The van der Waals surface area contributed by atoms with Crippen molar-refractivity contribution < 1.29 is 0 Å². The van der Waals surface area contributed by atoms with Crippen LogP contribution in [-0.4, -0.2) is 0 Å². The second kappa shape index (κ2) is 2.93. The van der Waals surface area contributed by atoms with Crippen molar-refractivity contribution in [3.8, 4) is 0 Å². The molecule has 0 saturated carbocycles. The molecule has 0 atom stereocenters. The molecule has 0 heterocycles. The monoisotopic (exact) mass is 150 g/mol. The second-order valence-corrected chi connectivity index (χ2v) is 2.53. The van der Waals surface area contributed by atoms with Crippen molar-refractivity contribution in [1.82, 2.24) is 0 Å². The van der Waals surface area contributed by atoms with Gasteiger partial charge >= 0.3 is 0 Å². The van der Waals surface area contributed by atoms with E-state index in [4.69, 9.17) is 0 Å². The average molecular weight is 150 g/mol. The summed E-state index contributed by atoms with van der Waals surface area (Å²) >= 11 is 4.16. The van der Waals surface area contributed by atoms with Crippen LogP contribution in [-0.2, 0) is 5.75 Å². The third-order valence-electron chi connectivity index (χ3n) is 1.54. The summed E-state index contributed by atoms with van der Waals surface area (Å²) < 4.78 is 0. The SMILES string of the molecule is C=c1cccc(CS)c1=C. The summed E-state index contributed by atoms with van der Waals surface area (Å²) in [5, 5.41) is 2.00. The van der Waals surface area contributed by atoms with Crippen LogP contribution >= 0.6 is 12.6 Å². The Morgan fingerprint density at radius 1 is 1.30 bits per heavy atom. The Morgan fingerprint density at radius 3 is 2.50 bits per heavy atom. The Morgan fingerprint density at radius 2 is 2.00 bits per heavy atom. The van der Waals surface area contributed by atoms with Crippen LogP contribution in [0.1, 0.15) is 5.56 Å². The summed E-state index contributed by atoms with van der Waals surface area (Å²) in [4.78, 5) is 0.